The van der Waals surface area contributed by atoms with Crippen LogP contribution in [0.5, 0.6) is 0 Å². The molecule has 1 saturated carbocycles. The van der Waals surface area contributed by atoms with Crippen LogP contribution in [0.4, 0.5) is 0 Å². The molecule has 21 heavy (non-hydrogen) atoms. The summed E-state index contributed by atoms with van der Waals surface area (Å²) in [6.07, 6.45) is 4.90. The third kappa shape index (κ3) is 1.86. The normalized spacial score (nSPS) is 34.0. The summed E-state index contributed by atoms with van der Waals surface area (Å²) in [6, 6.07) is 0. The van der Waals surface area contributed by atoms with Crippen LogP contribution in [0.3, 0.4) is 0 Å². The smallest absolute Gasteiger partial charge is 0.330 e. The fourth-order valence-corrected chi connectivity index (χ4v) is 3.40. The number of imide groups is 1. The molecule has 4 unspecified atom stereocenters. The zero-order valence-electron chi connectivity index (χ0n) is 12.8. The molecule has 5 nitrogen and oxygen atoms in total. The Morgan fingerprint density at radius 1 is 1.19 bits per heavy atom. The van der Waals surface area contributed by atoms with Gasteiger partial charge in [0, 0.05) is 0 Å². The van der Waals surface area contributed by atoms with Crippen LogP contribution in [0, 0.1) is 35.0 Å². The molecule has 2 bridgehead atoms. The molecule has 3 aliphatic rings. The van der Waals surface area contributed by atoms with E-state index in [1.165, 1.54) is 0 Å². The van der Waals surface area contributed by atoms with Crippen molar-refractivity contribution in [1.82, 2.24) is 5.06 Å². The standard InChI is InChI=1S/C16H21NO4/c1-8(2)16(3,4)15(20)21-17-13(18)11-9-5-6-10(7-9)12(11)14(17)19/h5-6,8-12H,7H2,1-4H3. The van der Waals surface area contributed by atoms with E-state index in [2.05, 4.69) is 0 Å². The van der Waals surface area contributed by atoms with Crippen LogP contribution in [-0.4, -0.2) is 22.8 Å². The van der Waals surface area contributed by atoms with E-state index in [0.717, 1.165) is 11.5 Å². The van der Waals surface area contributed by atoms with Gasteiger partial charge in [-0.25, -0.2) is 4.79 Å². The highest BCUT2D eigenvalue weighted by molar-refractivity contribution is 6.06. The first-order chi connectivity index (χ1) is 9.75. The Balaban J connectivity index is 1.78. The highest BCUT2D eigenvalue weighted by atomic mass is 16.7. The summed E-state index contributed by atoms with van der Waals surface area (Å²) in [5.41, 5.74) is -0.741. The number of amides is 2. The molecular weight excluding hydrogens is 270 g/mol. The van der Waals surface area contributed by atoms with Crippen molar-refractivity contribution in [2.24, 2.45) is 35.0 Å². The van der Waals surface area contributed by atoms with Crippen LogP contribution >= 0.6 is 0 Å². The van der Waals surface area contributed by atoms with Gasteiger partial charge in [-0.15, -0.1) is 5.06 Å². The molecule has 2 amide bonds. The first kappa shape index (κ1) is 14.3. The van der Waals surface area contributed by atoms with Crippen LogP contribution in [0.15, 0.2) is 12.2 Å². The minimum absolute atomic E-state index is 0.0511. The Kier molecular flexibility index (Phi) is 3.01. The number of hydrogen-bond acceptors (Lipinski definition) is 4. The number of nitrogens with zero attached hydrogens (tertiary/aromatic N) is 1. The Morgan fingerprint density at radius 3 is 2.10 bits per heavy atom. The van der Waals surface area contributed by atoms with E-state index in [1.54, 1.807) is 13.8 Å². The largest absolute Gasteiger partial charge is 0.338 e. The predicted molar refractivity (Wildman–Crippen MR) is 74.3 cm³/mol. The average molecular weight is 291 g/mol. The molecule has 1 heterocycles. The maximum atomic E-state index is 12.4. The molecule has 0 radical (unpaired) electrons. The summed E-state index contributed by atoms with van der Waals surface area (Å²) in [5, 5.41) is 0.730. The van der Waals surface area contributed by atoms with E-state index < -0.39 is 11.4 Å². The van der Waals surface area contributed by atoms with Crippen LogP contribution in [0.2, 0.25) is 0 Å². The lowest BCUT2D eigenvalue weighted by atomic mass is 9.81. The second-order valence-electron chi connectivity index (χ2n) is 7.23. The molecule has 1 aliphatic heterocycles. The minimum atomic E-state index is -0.741. The molecule has 2 fully saturated rings. The molecule has 0 aromatic rings. The average Bonchev–Trinajstić information content (AvgIpc) is 3.07. The van der Waals surface area contributed by atoms with Crippen molar-refractivity contribution in [3.05, 3.63) is 12.2 Å². The van der Waals surface area contributed by atoms with Crippen molar-refractivity contribution < 1.29 is 19.2 Å². The second-order valence-corrected chi connectivity index (χ2v) is 7.23. The number of allylic oxidation sites excluding steroid dienone is 2. The molecule has 4 atom stereocenters. The van der Waals surface area contributed by atoms with Gasteiger partial charge in [0.05, 0.1) is 17.3 Å². The Bertz CT molecular complexity index is 518. The monoisotopic (exact) mass is 291 g/mol. The van der Waals surface area contributed by atoms with Gasteiger partial charge in [-0.05, 0) is 38.0 Å². The molecule has 0 aromatic carbocycles. The molecule has 2 aliphatic carbocycles. The number of hydroxylamine groups is 2. The summed E-state index contributed by atoms with van der Waals surface area (Å²) in [7, 11) is 0. The van der Waals surface area contributed by atoms with Gasteiger partial charge in [0.2, 0.25) is 0 Å². The van der Waals surface area contributed by atoms with Gasteiger partial charge < -0.3 is 4.84 Å². The van der Waals surface area contributed by atoms with Crippen LogP contribution in [0.25, 0.3) is 0 Å². The Morgan fingerprint density at radius 2 is 1.67 bits per heavy atom. The number of carbonyl (C=O) groups is 3. The first-order valence-corrected chi connectivity index (χ1v) is 7.53. The van der Waals surface area contributed by atoms with E-state index in [-0.39, 0.29) is 41.4 Å². The molecule has 0 N–H and O–H groups in total. The number of carbonyl (C=O) groups excluding carboxylic acids is 3. The van der Waals surface area contributed by atoms with E-state index >= 15 is 0 Å². The zero-order valence-corrected chi connectivity index (χ0v) is 12.8. The molecule has 0 spiro atoms. The summed E-state index contributed by atoms with van der Waals surface area (Å²) >= 11 is 0. The number of fused-ring (bicyclic) bond motifs is 5. The van der Waals surface area contributed by atoms with Crippen LogP contribution in [-0.2, 0) is 19.2 Å². The lowest BCUT2D eigenvalue weighted by molar-refractivity contribution is -0.207. The summed E-state index contributed by atoms with van der Waals surface area (Å²) in [5.74, 6) is -1.60. The highest BCUT2D eigenvalue weighted by Crippen LogP contribution is 2.52. The van der Waals surface area contributed by atoms with Gasteiger partial charge in [0.15, 0.2) is 0 Å². The van der Waals surface area contributed by atoms with E-state index in [1.807, 2.05) is 26.0 Å². The quantitative estimate of drug-likeness (QED) is 0.589. The van der Waals surface area contributed by atoms with Crippen LogP contribution < -0.4 is 0 Å². The van der Waals surface area contributed by atoms with Crippen molar-refractivity contribution in [3.8, 4) is 0 Å². The molecule has 1 saturated heterocycles. The Hall–Kier alpha value is -1.65. The van der Waals surface area contributed by atoms with Gasteiger partial charge in [-0.3, -0.25) is 9.59 Å². The van der Waals surface area contributed by atoms with Crippen molar-refractivity contribution in [2.45, 2.75) is 34.1 Å². The Labute approximate surface area is 124 Å². The molecule has 5 heteroatoms. The topological polar surface area (TPSA) is 63.7 Å². The fraction of sp³-hybridized carbons (Fsp3) is 0.688. The number of rotatable bonds is 3. The molecule has 114 valence electrons. The summed E-state index contributed by atoms with van der Waals surface area (Å²) < 4.78 is 0. The van der Waals surface area contributed by atoms with Gasteiger partial charge in [0.25, 0.3) is 11.8 Å². The summed E-state index contributed by atoms with van der Waals surface area (Å²) in [6.45, 7) is 7.34. The maximum absolute atomic E-state index is 12.4. The van der Waals surface area contributed by atoms with Crippen molar-refractivity contribution in [2.75, 3.05) is 0 Å². The van der Waals surface area contributed by atoms with Crippen molar-refractivity contribution in [3.63, 3.8) is 0 Å². The summed E-state index contributed by atoms with van der Waals surface area (Å²) in [4.78, 5) is 42.3. The minimum Gasteiger partial charge on any atom is -0.330 e. The SMILES string of the molecule is CC(C)C(C)(C)C(=O)ON1C(=O)C2C3C=CC(C3)C2C1=O. The van der Waals surface area contributed by atoms with E-state index in [9.17, 15) is 14.4 Å². The van der Waals surface area contributed by atoms with E-state index in [4.69, 9.17) is 4.84 Å². The van der Waals surface area contributed by atoms with Crippen LogP contribution in [0.1, 0.15) is 34.1 Å². The zero-order chi connectivity index (χ0) is 15.5. The third-order valence-corrected chi connectivity index (χ3v) is 5.57. The van der Waals surface area contributed by atoms with Gasteiger partial charge >= 0.3 is 5.97 Å². The lowest BCUT2D eigenvalue weighted by Crippen LogP contribution is -2.41. The van der Waals surface area contributed by atoms with E-state index in [0.29, 0.717) is 0 Å². The van der Waals surface area contributed by atoms with Gasteiger partial charge in [-0.1, -0.05) is 26.0 Å². The third-order valence-electron chi connectivity index (χ3n) is 5.57. The second kappa shape index (κ2) is 4.42. The molecular formula is C16H21NO4. The number of hydrogen-bond donors (Lipinski definition) is 0. The fourth-order valence-electron chi connectivity index (χ4n) is 3.40. The van der Waals surface area contributed by atoms with Gasteiger partial charge in [-0.2, -0.15) is 0 Å². The van der Waals surface area contributed by atoms with Crippen molar-refractivity contribution in [1.29, 1.82) is 0 Å². The lowest BCUT2D eigenvalue weighted by Gasteiger charge is -2.28. The van der Waals surface area contributed by atoms with Gasteiger partial charge in [0.1, 0.15) is 0 Å². The molecule has 3 rings (SSSR count). The highest BCUT2D eigenvalue weighted by Gasteiger charge is 2.61. The maximum Gasteiger partial charge on any atom is 0.338 e. The van der Waals surface area contributed by atoms with Crippen molar-refractivity contribution >= 4 is 17.8 Å². The predicted octanol–water partition coefficient (Wildman–Crippen LogP) is 1.93. The molecule has 0 aromatic heterocycles. The first-order valence-electron chi connectivity index (χ1n) is 7.53.